The van der Waals surface area contributed by atoms with Crippen LogP contribution in [0.4, 0.5) is 36.4 Å². The van der Waals surface area contributed by atoms with Crippen molar-refractivity contribution < 1.29 is 49.2 Å². The zero-order chi connectivity index (χ0) is 27.7. The molecule has 3 aromatic rings. The van der Waals surface area contributed by atoms with Gasteiger partial charge in [0.15, 0.2) is 17.2 Å². The zero-order valence-corrected chi connectivity index (χ0v) is 19.4. The van der Waals surface area contributed by atoms with Gasteiger partial charge in [-0.15, -0.1) is 10.2 Å². The maximum Gasteiger partial charge on any atom is 0.435 e. The number of amides is 1. The van der Waals surface area contributed by atoms with Crippen LogP contribution in [0.2, 0.25) is 0 Å². The van der Waals surface area contributed by atoms with Crippen molar-refractivity contribution in [2.45, 2.75) is 24.6 Å². The van der Waals surface area contributed by atoms with Gasteiger partial charge in [0.2, 0.25) is 11.6 Å². The van der Waals surface area contributed by atoms with E-state index in [1.807, 2.05) is 0 Å². The zero-order valence-electron chi connectivity index (χ0n) is 18.6. The summed E-state index contributed by atoms with van der Waals surface area (Å²) in [6.07, 6.45) is -3.95. The summed E-state index contributed by atoms with van der Waals surface area (Å²) in [5, 5.41) is 8.40. The van der Waals surface area contributed by atoms with Gasteiger partial charge in [-0.3, -0.25) is 4.79 Å². The number of nitrogens with one attached hydrogen (secondary N) is 2. The van der Waals surface area contributed by atoms with Crippen molar-refractivity contribution in [2.75, 3.05) is 11.6 Å². The largest absolute Gasteiger partial charge is 0.435 e. The highest BCUT2D eigenvalue weighted by Crippen LogP contribution is 2.37. The molecule has 198 valence electrons. The van der Waals surface area contributed by atoms with Gasteiger partial charge >= 0.3 is 12.8 Å². The molecule has 1 amide bonds. The van der Waals surface area contributed by atoms with Crippen LogP contribution < -0.4 is 14.8 Å². The number of hydrogen-bond donors (Lipinski definition) is 2. The summed E-state index contributed by atoms with van der Waals surface area (Å²) >= 11 is 0. The van der Waals surface area contributed by atoms with E-state index in [2.05, 4.69) is 20.3 Å². The molecular weight excluding hydrogens is 537 g/mol. The predicted molar refractivity (Wildman–Crippen MR) is 114 cm³/mol. The fourth-order valence-corrected chi connectivity index (χ4v) is 3.69. The van der Waals surface area contributed by atoms with Gasteiger partial charge in [-0.2, -0.15) is 30.7 Å². The molecule has 0 aliphatic heterocycles. The van der Waals surface area contributed by atoms with Crippen LogP contribution >= 0.6 is 0 Å². The second-order valence-corrected chi connectivity index (χ2v) is 9.51. The maximum absolute atomic E-state index is 14.4. The minimum Gasteiger partial charge on any atom is -0.434 e. The van der Waals surface area contributed by atoms with E-state index < -0.39 is 74.3 Å². The Morgan fingerprint density at radius 1 is 1.08 bits per heavy atom. The van der Waals surface area contributed by atoms with Crippen molar-refractivity contribution in [1.82, 2.24) is 10.2 Å². The van der Waals surface area contributed by atoms with E-state index >= 15 is 0 Å². The summed E-state index contributed by atoms with van der Waals surface area (Å²) in [5.74, 6) is -8.17. The first kappa shape index (κ1) is 27.6. The normalized spacial score (nSPS) is 13.2. The van der Waals surface area contributed by atoms with E-state index in [0.29, 0.717) is 12.1 Å². The number of alkyl halides is 5. The van der Waals surface area contributed by atoms with E-state index in [-0.39, 0.29) is 10.6 Å². The lowest BCUT2D eigenvalue weighted by atomic mass is 10.1. The molecule has 0 saturated heterocycles. The topological polar surface area (TPSA) is 114 Å². The van der Waals surface area contributed by atoms with Crippen molar-refractivity contribution in [2.24, 2.45) is 0 Å². The fourth-order valence-electron chi connectivity index (χ4n) is 3.00. The lowest BCUT2D eigenvalue weighted by Crippen LogP contribution is -2.21. The Morgan fingerprint density at radius 3 is 2.30 bits per heavy atom. The SMILES string of the molecule is Cc1c(C(F)(F)F)nnc(Oc2ccc(OC(F)F)c(F)c2F)c1C(=O)Nc1cccc([S@@](C)(=N)=O)c1. The summed E-state index contributed by atoms with van der Waals surface area (Å²) < 4.78 is 122. The summed E-state index contributed by atoms with van der Waals surface area (Å²) in [4.78, 5) is 13.0. The van der Waals surface area contributed by atoms with Gasteiger partial charge in [-0.1, -0.05) is 6.07 Å². The lowest BCUT2D eigenvalue weighted by molar-refractivity contribution is -0.142. The van der Waals surface area contributed by atoms with Crippen LogP contribution in [0.1, 0.15) is 21.6 Å². The van der Waals surface area contributed by atoms with Crippen molar-refractivity contribution in [1.29, 1.82) is 4.78 Å². The summed E-state index contributed by atoms with van der Waals surface area (Å²) in [5.41, 5.74) is -3.30. The van der Waals surface area contributed by atoms with Gasteiger partial charge in [0.25, 0.3) is 11.8 Å². The molecule has 16 heteroatoms. The van der Waals surface area contributed by atoms with Crippen LogP contribution in [0.15, 0.2) is 41.3 Å². The van der Waals surface area contributed by atoms with Crippen molar-refractivity contribution in [3.05, 3.63) is 64.9 Å². The molecule has 37 heavy (non-hydrogen) atoms. The van der Waals surface area contributed by atoms with E-state index in [4.69, 9.17) is 9.52 Å². The number of anilines is 1. The Balaban J connectivity index is 2.08. The van der Waals surface area contributed by atoms with E-state index in [0.717, 1.165) is 19.2 Å². The van der Waals surface area contributed by atoms with Gasteiger partial charge in [0, 0.05) is 16.8 Å². The smallest absolute Gasteiger partial charge is 0.434 e. The average molecular weight is 552 g/mol. The second kappa shape index (κ2) is 10.2. The van der Waals surface area contributed by atoms with Crippen LogP contribution in [0.25, 0.3) is 0 Å². The molecule has 0 bridgehead atoms. The first-order chi connectivity index (χ1) is 17.1. The molecule has 3 rings (SSSR count). The standard InChI is InChI=1S/C21H15F7N4O4S/c1-9-14(18(33)30-10-4-3-5-11(8-10)37(2,29)34)19(32-31-17(9)21(26,27)28)35-12-6-7-13(36-20(24)25)16(23)15(12)22/h3-8,20,29H,1-2H3,(H,30,33)/t37-/m0/s1. The van der Waals surface area contributed by atoms with Crippen LogP contribution in [0, 0.1) is 23.3 Å². The van der Waals surface area contributed by atoms with Crippen LogP contribution in [-0.4, -0.2) is 33.2 Å². The molecule has 1 aromatic heterocycles. The molecule has 0 saturated carbocycles. The molecule has 0 fully saturated rings. The van der Waals surface area contributed by atoms with Crippen molar-refractivity contribution in [3.63, 3.8) is 0 Å². The van der Waals surface area contributed by atoms with Crippen LogP contribution in [0.5, 0.6) is 17.4 Å². The van der Waals surface area contributed by atoms with Gasteiger partial charge in [0.1, 0.15) is 5.56 Å². The highest BCUT2D eigenvalue weighted by atomic mass is 32.2. The highest BCUT2D eigenvalue weighted by molar-refractivity contribution is 7.91. The summed E-state index contributed by atoms with van der Waals surface area (Å²) in [6.45, 7) is -2.62. The third-order valence-corrected chi connectivity index (χ3v) is 5.81. The monoisotopic (exact) mass is 552 g/mol. The number of hydrogen-bond acceptors (Lipinski definition) is 7. The minimum absolute atomic E-state index is 0.00554. The number of benzene rings is 2. The first-order valence-electron chi connectivity index (χ1n) is 9.80. The molecule has 0 unspecified atom stereocenters. The number of ether oxygens (including phenoxy) is 2. The van der Waals surface area contributed by atoms with Crippen LogP contribution in [0.3, 0.4) is 0 Å². The number of halogens is 7. The van der Waals surface area contributed by atoms with Crippen molar-refractivity contribution in [3.8, 4) is 17.4 Å². The molecule has 0 aliphatic carbocycles. The molecule has 0 radical (unpaired) electrons. The Morgan fingerprint density at radius 2 is 1.70 bits per heavy atom. The molecule has 0 aliphatic rings. The van der Waals surface area contributed by atoms with E-state index in [9.17, 15) is 39.7 Å². The summed E-state index contributed by atoms with van der Waals surface area (Å²) in [6, 6.07) is 6.30. The second-order valence-electron chi connectivity index (χ2n) is 7.35. The fraction of sp³-hybridized carbons (Fsp3) is 0.190. The number of nitrogens with zero attached hydrogens (tertiary/aromatic N) is 2. The molecule has 1 heterocycles. The minimum atomic E-state index is -5.06. The molecule has 8 nitrogen and oxygen atoms in total. The van der Waals surface area contributed by atoms with E-state index in [1.54, 1.807) is 0 Å². The first-order valence-corrected chi connectivity index (χ1v) is 11.8. The van der Waals surface area contributed by atoms with Gasteiger partial charge in [0.05, 0.1) is 9.73 Å². The third-order valence-electron chi connectivity index (χ3n) is 4.66. The third kappa shape index (κ3) is 6.25. The summed E-state index contributed by atoms with van der Waals surface area (Å²) in [7, 11) is -3.21. The molecule has 2 aromatic carbocycles. The number of carbonyl (C=O) groups is 1. The Bertz CT molecular complexity index is 1460. The predicted octanol–water partition coefficient (Wildman–Crippen LogP) is 5.76. The molecule has 2 N–H and O–H groups in total. The van der Waals surface area contributed by atoms with Gasteiger partial charge < -0.3 is 14.8 Å². The highest BCUT2D eigenvalue weighted by Gasteiger charge is 2.38. The van der Waals surface area contributed by atoms with Gasteiger partial charge in [-0.25, -0.2) is 8.99 Å². The molecule has 0 spiro atoms. The van der Waals surface area contributed by atoms with Crippen molar-refractivity contribution >= 4 is 21.3 Å². The Kier molecular flexibility index (Phi) is 7.62. The Labute approximate surface area is 204 Å². The number of aromatic nitrogens is 2. The molecule has 1 atom stereocenters. The average Bonchev–Trinajstić information content (AvgIpc) is 2.77. The lowest BCUT2D eigenvalue weighted by Gasteiger charge is -2.16. The molecular formula is C21H15F7N4O4S. The quantitative estimate of drug-likeness (QED) is 0.360. The van der Waals surface area contributed by atoms with Gasteiger partial charge in [-0.05, 0) is 42.8 Å². The number of rotatable bonds is 7. The Hall–Kier alpha value is -3.95. The van der Waals surface area contributed by atoms with E-state index in [1.165, 1.54) is 18.2 Å². The van der Waals surface area contributed by atoms with Crippen LogP contribution in [-0.2, 0) is 15.9 Å². The number of carbonyl (C=O) groups excluding carboxylic acids is 1. The maximum atomic E-state index is 14.4.